The number of carbonyl (C=O) groups excluding carboxylic acids is 1. The van der Waals surface area contributed by atoms with Crippen LogP contribution < -0.4 is 5.32 Å². The lowest BCUT2D eigenvalue weighted by atomic mass is 9.80. The van der Waals surface area contributed by atoms with Gasteiger partial charge in [0, 0.05) is 6.04 Å². The van der Waals surface area contributed by atoms with Crippen LogP contribution in [0.3, 0.4) is 0 Å². The van der Waals surface area contributed by atoms with E-state index < -0.39 is 0 Å². The van der Waals surface area contributed by atoms with Crippen molar-refractivity contribution in [3.05, 3.63) is 0 Å². The molecule has 0 heterocycles. The molecule has 3 nitrogen and oxygen atoms in total. The molecular formula is C13H25NO2. The summed E-state index contributed by atoms with van der Waals surface area (Å²) < 4.78 is 5.09. The van der Waals surface area contributed by atoms with Crippen LogP contribution in [-0.4, -0.2) is 24.7 Å². The highest BCUT2D eigenvalue weighted by molar-refractivity contribution is 5.75. The maximum atomic E-state index is 11.7. The van der Waals surface area contributed by atoms with E-state index in [1.807, 2.05) is 6.92 Å². The first-order chi connectivity index (χ1) is 7.69. The van der Waals surface area contributed by atoms with Crippen LogP contribution in [0.5, 0.6) is 0 Å². The first-order valence-corrected chi connectivity index (χ1v) is 6.61. The van der Waals surface area contributed by atoms with Crippen LogP contribution in [0, 0.1) is 5.92 Å². The van der Waals surface area contributed by atoms with Gasteiger partial charge in [-0.25, -0.2) is 0 Å². The van der Waals surface area contributed by atoms with Gasteiger partial charge in [-0.15, -0.1) is 0 Å². The fourth-order valence-electron chi connectivity index (χ4n) is 2.19. The fraction of sp³-hybridized carbons (Fsp3) is 0.923. The Morgan fingerprint density at radius 2 is 2.12 bits per heavy atom. The fourth-order valence-corrected chi connectivity index (χ4v) is 2.19. The van der Waals surface area contributed by atoms with Crippen molar-refractivity contribution in [2.24, 2.45) is 5.92 Å². The molecule has 0 radical (unpaired) electrons. The highest BCUT2D eigenvalue weighted by atomic mass is 16.5. The topological polar surface area (TPSA) is 38.3 Å². The maximum absolute atomic E-state index is 11.7. The first kappa shape index (κ1) is 13.5. The summed E-state index contributed by atoms with van der Waals surface area (Å²) in [5, 5.41) is 3.43. The smallest absolute Gasteiger partial charge is 0.323 e. The molecule has 1 N–H and O–H groups in total. The zero-order valence-corrected chi connectivity index (χ0v) is 10.8. The second-order valence-corrected chi connectivity index (χ2v) is 4.74. The van der Waals surface area contributed by atoms with Gasteiger partial charge in [-0.3, -0.25) is 4.79 Å². The van der Waals surface area contributed by atoms with E-state index in [1.165, 1.54) is 19.3 Å². The molecule has 1 rings (SSSR count). The molecular weight excluding hydrogens is 202 g/mol. The highest BCUT2D eigenvalue weighted by Crippen LogP contribution is 2.29. The molecule has 1 aliphatic carbocycles. The van der Waals surface area contributed by atoms with Crippen molar-refractivity contribution in [3.63, 3.8) is 0 Å². The largest absolute Gasteiger partial charge is 0.465 e. The minimum absolute atomic E-state index is 0.0875. The Morgan fingerprint density at radius 3 is 2.56 bits per heavy atom. The van der Waals surface area contributed by atoms with E-state index >= 15 is 0 Å². The molecule has 1 saturated carbocycles. The van der Waals surface area contributed by atoms with Crippen molar-refractivity contribution >= 4 is 5.97 Å². The van der Waals surface area contributed by atoms with Gasteiger partial charge in [-0.1, -0.05) is 19.8 Å². The standard InChI is InChI=1S/C13H25NO2/c1-4-7-12(13(15)16-5-2)14-10(3)11-8-6-9-11/h10-12,14H,4-9H2,1-3H3. The van der Waals surface area contributed by atoms with E-state index in [1.54, 1.807) is 0 Å². The average molecular weight is 227 g/mol. The van der Waals surface area contributed by atoms with E-state index in [-0.39, 0.29) is 12.0 Å². The zero-order valence-electron chi connectivity index (χ0n) is 10.8. The molecule has 3 heteroatoms. The van der Waals surface area contributed by atoms with Crippen LogP contribution in [0.25, 0.3) is 0 Å². The minimum Gasteiger partial charge on any atom is -0.465 e. The Labute approximate surface area is 98.9 Å². The van der Waals surface area contributed by atoms with Crippen LogP contribution >= 0.6 is 0 Å². The first-order valence-electron chi connectivity index (χ1n) is 6.61. The molecule has 0 amide bonds. The molecule has 94 valence electrons. The quantitative estimate of drug-likeness (QED) is 0.679. The van der Waals surface area contributed by atoms with Crippen LogP contribution in [0.1, 0.15) is 52.9 Å². The van der Waals surface area contributed by atoms with E-state index in [2.05, 4.69) is 19.2 Å². The molecule has 0 saturated heterocycles. The van der Waals surface area contributed by atoms with Crippen molar-refractivity contribution < 1.29 is 9.53 Å². The Bertz CT molecular complexity index is 214. The van der Waals surface area contributed by atoms with E-state index in [4.69, 9.17) is 4.74 Å². The third-order valence-corrected chi connectivity index (χ3v) is 3.47. The van der Waals surface area contributed by atoms with Crippen molar-refractivity contribution in [2.45, 2.75) is 65.0 Å². The molecule has 0 bridgehead atoms. The second-order valence-electron chi connectivity index (χ2n) is 4.74. The number of esters is 1. The lowest BCUT2D eigenvalue weighted by molar-refractivity contribution is -0.146. The van der Waals surface area contributed by atoms with Gasteiger partial charge in [-0.05, 0) is 39.0 Å². The lowest BCUT2D eigenvalue weighted by Crippen LogP contribution is -2.47. The van der Waals surface area contributed by atoms with Crippen LogP contribution in [0.15, 0.2) is 0 Å². The molecule has 2 unspecified atom stereocenters. The lowest BCUT2D eigenvalue weighted by Gasteiger charge is -2.34. The van der Waals surface area contributed by atoms with Gasteiger partial charge in [-0.2, -0.15) is 0 Å². The summed E-state index contributed by atoms with van der Waals surface area (Å²) in [7, 11) is 0. The van der Waals surface area contributed by atoms with Gasteiger partial charge in [0.25, 0.3) is 0 Å². The zero-order chi connectivity index (χ0) is 12.0. The summed E-state index contributed by atoms with van der Waals surface area (Å²) in [6.45, 7) is 6.61. The van der Waals surface area contributed by atoms with Crippen LogP contribution in [0.2, 0.25) is 0 Å². The van der Waals surface area contributed by atoms with Crippen molar-refractivity contribution in [1.29, 1.82) is 0 Å². The van der Waals surface area contributed by atoms with Gasteiger partial charge in [0.15, 0.2) is 0 Å². The third kappa shape index (κ3) is 3.78. The molecule has 0 aromatic rings. The minimum atomic E-state index is -0.111. The number of nitrogens with one attached hydrogen (secondary N) is 1. The molecule has 1 fully saturated rings. The summed E-state index contributed by atoms with van der Waals surface area (Å²) in [5.41, 5.74) is 0. The Kier molecular flexibility index (Phi) is 5.81. The van der Waals surface area contributed by atoms with Gasteiger partial charge in [0.05, 0.1) is 6.61 Å². The van der Waals surface area contributed by atoms with E-state index in [0.29, 0.717) is 12.6 Å². The Hall–Kier alpha value is -0.570. The van der Waals surface area contributed by atoms with Crippen molar-refractivity contribution in [1.82, 2.24) is 5.32 Å². The SMILES string of the molecule is CCCC(NC(C)C1CCC1)C(=O)OCC. The van der Waals surface area contributed by atoms with E-state index in [0.717, 1.165) is 18.8 Å². The molecule has 1 aliphatic rings. The molecule has 0 aliphatic heterocycles. The average Bonchev–Trinajstić information content (AvgIpc) is 2.14. The second kappa shape index (κ2) is 6.89. The molecule has 0 aromatic carbocycles. The normalized spacial score (nSPS) is 19.9. The molecule has 16 heavy (non-hydrogen) atoms. The Morgan fingerprint density at radius 1 is 1.44 bits per heavy atom. The van der Waals surface area contributed by atoms with Crippen LogP contribution in [0.4, 0.5) is 0 Å². The number of rotatable bonds is 7. The summed E-state index contributed by atoms with van der Waals surface area (Å²) in [6.07, 6.45) is 5.82. The highest BCUT2D eigenvalue weighted by Gasteiger charge is 2.28. The third-order valence-electron chi connectivity index (χ3n) is 3.47. The maximum Gasteiger partial charge on any atom is 0.323 e. The van der Waals surface area contributed by atoms with Gasteiger partial charge >= 0.3 is 5.97 Å². The summed E-state index contributed by atoms with van der Waals surface area (Å²) in [4.78, 5) is 11.7. The summed E-state index contributed by atoms with van der Waals surface area (Å²) >= 11 is 0. The number of hydrogen-bond acceptors (Lipinski definition) is 3. The molecule has 0 aromatic heterocycles. The molecule has 0 spiro atoms. The predicted molar refractivity (Wildman–Crippen MR) is 65.3 cm³/mol. The Balaban J connectivity index is 2.39. The van der Waals surface area contributed by atoms with Gasteiger partial charge < -0.3 is 10.1 Å². The number of ether oxygens (including phenoxy) is 1. The van der Waals surface area contributed by atoms with Crippen LogP contribution in [-0.2, 0) is 9.53 Å². The molecule has 2 atom stereocenters. The monoisotopic (exact) mass is 227 g/mol. The van der Waals surface area contributed by atoms with Gasteiger partial charge in [0.2, 0.25) is 0 Å². The summed E-state index contributed by atoms with van der Waals surface area (Å²) in [5.74, 6) is 0.671. The number of carbonyl (C=O) groups is 1. The van der Waals surface area contributed by atoms with E-state index in [9.17, 15) is 4.79 Å². The van der Waals surface area contributed by atoms with Crippen molar-refractivity contribution in [2.75, 3.05) is 6.61 Å². The summed E-state index contributed by atoms with van der Waals surface area (Å²) in [6, 6.07) is 0.329. The predicted octanol–water partition coefficient (Wildman–Crippen LogP) is 2.50. The van der Waals surface area contributed by atoms with Gasteiger partial charge in [0.1, 0.15) is 6.04 Å². The van der Waals surface area contributed by atoms with Crippen molar-refractivity contribution in [3.8, 4) is 0 Å². The number of hydrogen-bond donors (Lipinski definition) is 1.